The molecule has 3 aromatic rings. The maximum atomic E-state index is 14.2. The van der Waals surface area contributed by atoms with Crippen molar-refractivity contribution in [1.82, 2.24) is 13.7 Å². The van der Waals surface area contributed by atoms with Crippen LogP contribution in [-0.2, 0) is 21.4 Å². The molecule has 0 aliphatic heterocycles. The molecular formula is C18H18FN3O5S2. The number of nitrogens with zero attached hydrogens (tertiary/aromatic N) is 3. The van der Waals surface area contributed by atoms with Gasteiger partial charge in [0.05, 0.1) is 16.2 Å². The van der Waals surface area contributed by atoms with Gasteiger partial charge in [0.25, 0.3) is 5.56 Å². The van der Waals surface area contributed by atoms with Crippen LogP contribution in [0.25, 0.3) is 4.96 Å². The predicted molar refractivity (Wildman–Crippen MR) is 105 cm³/mol. The fourth-order valence-electron chi connectivity index (χ4n) is 2.71. The van der Waals surface area contributed by atoms with Crippen molar-refractivity contribution in [2.75, 3.05) is 13.1 Å². The van der Waals surface area contributed by atoms with Crippen LogP contribution < -0.4 is 5.56 Å². The van der Waals surface area contributed by atoms with E-state index in [0.717, 1.165) is 18.2 Å². The Morgan fingerprint density at radius 3 is 2.69 bits per heavy atom. The summed E-state index contributed by atoms with van der Waals surface area (Å²) in [6.07, 6.45) is 1.57. The van der Waals surface area contributed by atoms with Crippen molar-refractivity contribution >= 4 is 32.3 Å². The summed E-state index contributed by atoms with van der Waals surface area (Å²) in [5.41, 5.74) is -0.633. The Kier molecular flexibility index (Phi) is 6.10. The van der Waals surface area contributed by atoms with Crippen LogP contribution in [0.5, 0.6) is 0 Å². The second-order valence-electron chi connectivity index (χ2n) is 5.95. The van der Waals surface area contributed by atoms with Crippen LogP contribution in [0.2, 0.25) is 0 Å². The summed E-state index contributed by atoms with van der Waals surface area (Å²) in [5.74, 6) is -1.96. The molecule has 0 bridgehead atoms. The highest BCUT2D eigenvalue weighted by Crippen LogP contribution is 2.20. The molecule has 0 spiro atoms. The van der Waals surface area contributed by atoms with Crippen molar-refractivity contribution in [3.05, 3.63) is 63.3 Å². The number of carbonyl (C=O) groups is 1. The van der Waals surface area contributed by atoms with Gasteiger partial charge in [-0.05, 0) is 18.2 Å². The molecule has 0 unspecified atom stereocenters. The van der Waals surface area contributed by atoms with Crippen molar-refractivity contribution in [2.45, 2.75) is 25.3 Å². The van der Waals surface area contributed by atoms with Crippen molar-refractivity contribution < 1.29 is 22.3 Å². The molecule has 0 radical (unpaired) electrons. The van der Waals surface area contributed by atoms with E-state index in [1.165, 1.54) is 26.1 Å². The number of esters is 1. The van der Waals surface area contributed by atoms with Crippen LogP contribution in [0.3, 0.4) is 0 Å². The normalized spacial score (nSPS) is 11.9. The van der Waals surface area contributed by atoms with Crippen LogP contribution in [0.4, 0.5) is 4.39 Å². The highest BCUT2D eigenvalue weighted by Gasteiger charge is 2.25. The third-order valence-corrected chi connectivity index (χ3v) is 7.01. The fourth-order valence-corrected chi connectivity index (χ4v) is 4.94. The summed E-state index contributed by atoms with van der Waals surface area (Å²) < 4.78 is 47.0. The summed E-state index contributed by atoms with van der Waals surface area (Å²) >= 11 is 1.24. The fraction of sp³-hybridized carbons (Fsp3) is 0.278. The van der Waals surface area contributed by atoms with Crippen LogP contribution in [0.1, 0.15) is 29.9 Å². The Labute approximate surface area is 170 Å². The smallest absolute Gasteiger partial charge is 0.341 e. The number of sulfonamides is 1. The molecule has 2 heterocycles. The summed E-state index contributed by atoms with van der Waals surface area (Å²) in [6, 6.07) is 4.18. The van der Waals surface area contributed by atoms with Gasteiger partial charge in [0.15, 0.2) is 4.96 Å². The Morgan fingerprint density at radius 2 is 2.00 bits per heavy atom. The van der Waals surface area contributed by atoms with Gasteiger partial charge in [-0.1, -0.05) is 13.8 Å². The van der Waals surface area contributed by atoms with Gasteiger partial charge in [0.1, 0.15) is 12.4 Å². The van der Waals surface area contributed by atoms with E-state index in [9.17, 15) is 22.4 Å². The van der Waals surface area contributed by atoms with Crippen LogP contribution in [0, 0.1) is 5.82 Å². The third-order valence-electron chi connectivity index (χ3n) is 4.21. The molecule has 2 aromatic heterocycles. The molecule has 8 nitrogen and oxygen atoms in total. The molecule has 0 amide bonds. The molecule has 0 N–H and O–H groups in total. The van der Waals surface area contributed by atoms with Gasteiger partial charge in [-0.25, -0.2) is 22.6 Å². The minimum absolute atomic E-state index is 0.203. The molecule has 0 aliphatic carbocycles. The van der Waals surface area contributed by atoms with E-state index >= 15 is 0 Å². The van der Waals surface area contributed by atoms with Gasteiger partial charge in [-0.3, -0.25) is 9.20 Å². The maximum absolute atomic E-state index is 14.2. The highest BCUT2D eigenvalue weighted by molar-refractivity contribution is 7.89. The first-order valence-electron chi connectivity index (χ1n) is 8.70. The summed E-state index contributed by atoms with van der Waals surface area (Å²) in [7, 11) is -3.86. The van der Waals surface area contributed by atoms with Crippen molar-refractivity contribution in [2.24, 2.45) is 0 Å². The van der Waals surface area contributed by atoms with E-state index in [4.69, 9.17) is 4.74 Å². The average Bonchev–Trinajstić information content (AvgIpc) is 3.16. The number of rotatable bonds is 7. The zero-order valence-electron chi connectivity index (χ0n) is 15.7. The quantitative estimate of drug-likeness (QED) is 0.524. The second kappa shape index (κ2) is 8.39. The molecule has 0 fully saturated rings. The monoisotopic (exact) mass is 439 g/mol. The standard InChI is InChI=1S/C18H18FN3O5S2/c1-3-21(4-2)29(25,26)13-5-6-15(19)14(10-13)17(24)27-11-12-9-16(23)22-7-8-28-18(22)20-12/h5-10H,3-4,11H2,1-2H3. The van der Waals surface area contributed by atoms with E-state index < -0.39 is 27.4 Å². The molecule has 11 heteroatoms. The topological polar surface area (TPSA) is 98.0 Å². The SMILES string of the molecule is CCN(CC)S(=O)(=O)c1ccc(F)c(C(=O)OCc2cc(=O)n3ccsc3n2)c1. The van der Waals surface area contributed by atoms with E-state index in [0.29, 0.717) is 4.96 Å². The highest BCUT2D eigenvalue weighted by atomic mass is 32.2. The van der Waals surface area contributed by atoms with Crippen molar-refractivity contribution in [3.8, 4) is 0 Å². The minimum Gasteiger partial charge on any atom is -0.455 e. The lowest BCUT2D eigenvalue weighted by Gasteiger charge is -2.18. The molecule has 154 valence electrons. The summed E-state index contributed by atoms with van der Waals surface area (Å²) in [4.78, 5) is 28.7. The number of halogens is 1. The second-order valence-corrected chi connectivity index (χ2v) is 8.76. The van der Waals surface area contributed by atoms with Gasteiger partial charge in [0, 0.05) is 30.7 Å². The predicted octanol–water partition coefficient (Wildman–Crippen LogP) is 2.28. The number of benzene rings is 1. The number of ether oxygens (including phenoxy) is 1. The van der Waals surface area contributed by atoms with Crippen LogP contribution in [-0.4, -0.2) is 41.2 Å². The Bertz CT molecular complexity index is 1220. The van der Waals surface area contributed by atoms with E-state index in [1.807, 2.05) is 0 Å². The first-order chi connectivity index (χ1) is 13.8. The Hall–Kier alpha value is -2.63. The number of fused-ring (bicyclic) bond motifs is 1. The van der Waals surface area contributed by atoms with E-state index in [2.05, 4.69) is 4.98 Å². The summed E-state index contributed by atoms with van der Waals surface area (Å²) in [6.45, 7) is 3.49. The largest absolute Gasteiger partial charge is 0.455 e. The van der Waals surface area contributed by atoms with Gasteiger partial charge in [0.2, 0.25) is 10.0 Å². The number of hydrogen-bond acceptors (Lipinski definition) is 7. The van der Waals surface area contributed by atoms with Crippen LogP contribution in [0.15, 0.2) is 45.5 Å². The zero-order chi connectivity index (χ0) is 21.2. The molecule has 0 saturated carbocycles. The maximum Gasteiger partial charge on any atom is 0.341 e. The first kappa shape index (κ1) is 21.1. The molecule has 29 heavy (non-hydrogen) atoms. The van der Waals surface area contributed by atoms with Gasteiger partial charge in [-0.15, -0.1) is 11.3 Å². The molecule has 0 atom stereocenters. The lowest BCUT2D eigenvalue weighted by atomic mass is 10.2. The molecule has 0 aliphatic rings. The average molecular weight is 439 g/mol. The number of thiazole rings is 1. The van der Waals surface area contributed by atoms with Crippen LogP contribution >= 0.6 is 11.3 Å². The van der Waals surface area contributed by atoms with Gasteiger partial charge >= 0.3 is 5.97 Å². The van der Waals surface area contributed by atoms with E-state index in [1.54, 1.807) is 25.4 Å². The Morgan fingerprint density at radius 1 is 1.28 bits per heavy atom. The van der Waals surface area contributed by atoms with Crippen molar-refractivity contribution in [3.63, 3.8) is 0 Å². The molecule has 1 aromatic carbocycles. The number of hydrogen-bond donors (Lipinski definition) is 0. The van der Waals surface area contributed by atoms with Crippen molar-refractivity contribution in [1.29, 1.82) is 0 Å². The lowest BCUT2D eigenvalue weighted by Crippen LogP contribution is -2.30. The number of aromatic nitrogens is 2. The third kappa shape index (κ3) is 4.21. The lowest BCUT2D eigenvalue weighted by molar-refractivity contribution is 0.0462. The Balaban J connectivity index is 1.84. The minimum atomic E-state index is -3.86. The summed E-state index contributed by atoms with van der Waals surface area (Å²) in [5, 5.41) is 1.69. The van der Waals surface area contributed by atoms with Gasteiger partial charge < -0.3 is 4.74 Å². The zero-order valence-corrected chi connectivity index (χ0v) is 17.3. The van der Waals surface area contributed by atoms with E-state index in [-0.39, 0.29) is 35.8 Å². The molecule has 0 saturated heterocycles. The first-order valence-corrected chi connectivity index (χ1v) is 11.0. The van der Waals surface area contributed by atoms with Gasteiger partial charge in [-0.2, -0.15) is 4.31 Å². The molecule has 3 rings (SSSR count). The molecular weight excluding hydrogens is 421 g/mol. The number of carbonyl (C=O) groups excluding carboxylic acids is 1.